The molecule has 0 aliphatic carbocycles. The highest BCUT2D eigenvalue weighted by Crippen LogP contribution is 2.32. The first kappa shape index (κ1) is 17.0. The van der Waals surface area contributed by atoms with Crippen molar-refractivity contribution >= 4 is 33.2 Å². The molecule has 0 radical (unpaired) electrons. The molecule has 1 aromatic carbocycles. The van der Waals surface area contributed by atoms with Crippen molar-refractivity contribution in [3.63, 3.8) is 0 Å². The van der Waals surface area contributed by atoms with Crippen molar-refractivity contribution in [1.29, 1.82) is 0 Å². The third-order valence-electron chi connectivity index (χ3n) is 3.73. The molecule has 0 saturated carbocycles. The zero-order valence-electron chi connectivity index (χ0n) is 11.5. The first-order chi connectivity index (χ1) is 9.73. The van der Waals surface area contributed by atoms with Gasteiger partial charge >= 0.3 is 0 Å². The summed E-state index contributed by atoms with van der Waals surface area (Å²) in [6.07, 6.45) is 1.75. The zero-order chi connectivity index (χ0) is 15.7. The molecule has 1 heterocycles. The van der Waals surface area contributed by atoms with Crippen LogP contribution >= 0.6 is 23.2 Å². The number of rotatable bonds is 4. The fraction of sp³-hybridized carbons (Fsp3) is 0.538. The van der Waals surface area contributed by atoms with Gasteiger partial charge in [0.1, 0.15) is 10.7 Å². The molecule has 0 atom stereocenters. The smallest absolute Gasteiger partial charge is 0.243 e. The van der Waals surface area contributed by atoms with E-state index in [1.807, 2.05) is 6.92 Å². The molecule has 1 saturated heterocycles. The molecule has 4 nitrogen and oxygen atoms in total. The van der Waals surface area contributed by atoms with Crippen LogP contribution in [-0.2, 0) is 10.0 Å². The number of hydrogen-bond acceptors (Lipinski definition) is 3. The van der Waals surface area contributed by atoms with Crippen LogP contribution in [0.3, 0.4) is 0 Å². The van der Waals surface area contributed by atoms with E-state index in [1.165, 1.54) is 0 Å². The summed E-state index contributed by atoms with van der Waals surface area (Å²) >= 11 is 11.6. The van der Waals surface area contributed by atoms with Gasteiger partial charge in [-0.05, 0) is 43.5 Å². The highest BCUT2D eigenvalue weighted by Gasteiger charge is 2.30. The Balaban J connectivity index is 2.19. The molecular formula is C13H17Cl2FN2O2S. The van der Waals surface area contributed by atoms with Gasteiger partial charge in [-0.1, -0.05) is 30.1 Å². The molecule has 2 N–H and O–H groups in total. The van der Waals surface area contributed by atoms with Gasteiger partial charge < -0.3 is 5.32 Å². The van der Waals surface area contributed by atoms with E-state index in [0.29, 0.717) is 6.54 Å². The van der Waals surface area contributed by atoms with Crippen LogP contribution in [0.15, 0.2) is 17.0 Å². The van der Waals surface area contributed by atoms with E-state index in [-0.39, 0.29) is 20.4 Å². The highest BCUT2D eigenvalue weighted by molar-refractivity contribution is 7.89. The van der Waals surface area contributed by atoms with Gasteiger partial charge in [-0.25, -0.2) is 17.5 Å². The highest BCUT2D eigenvalue weighted by atomic mass is 35.5. The van der Waals surface area contributed by atoms with Crippen LogP contribution in [0.25, 0.3) is 0 Å². The van der Waals surface area contributed by atoms with Crippen molar-refractivity contribution in [2.45, 2.75) is 24.7 Å². The van der Waals surface area contributed by atoms with Gasteiger partial charge in [0, 0.05) is 6.54 Å². The maximum atomic E-state index is 13.1. The standard InChI is InChI=1S/C13H17Cl2FN2O2S/c1-13(2-4-17-5-3-13)8-18-21(19,20)12-10(14)6-9(16)7-11(12)15/h6-7,17-18H,2-5,8H2,1H3. The summed E-state index contributed by atoms with van der Waals surface area (Å²) in [4.78, 5) is -0.273. The number of hydrogen-bond donors (Lipinski definition) is 2. The summed E-state index contributed by atoms with van der Waals surface area (Å²) in [7, 11) is -3.88. The topological polar surface area (TPSA) is 58.2 Å². The Labute approximate surface area is 134 Å². The fourth-order valence-corrected chi connectivity index (χ4v) is 4.72. The van der Waals surface area contributed by atoms with Crippen LogP contribution in [-0.4, -0.2) is 28.1 Å². The Bertz CT molecular complexity index is 608. The Morgan fingerprint density at radius 1 is 1.29 bits per heavy atom. The van der Waals surface area contributed by atoms with Gasteiger partial charge in [0.15, 0.2) is 0 Å². The molecule has 1 aromatic rings. The van der Waals surface area contributed by atoms with Gasteiger partial charge in [-0.15, -0.1) is 0 Å². The van der Waals surface area contributed by atoms with Crippen LogP contribution in [0.5, 0.6) is 0 Å². The normalized spacial score (nSPS) is 18.7. The molecule has 0 spiro atoms. The molecule has 1 aliphatic heterocycles. The van der Waals surface area contributed by atoms with E-state index in [1.54, 1.807) is 0 Å². The molecule has 1 fully saturated rings. The Hall–Kier alpha value is -0.400. The second-order valence-electron chi connectivity index (χ2n) is 5.58. The number of sulfonamides is 1. The lowest BCUT2D eigenvalue weighted by Gasteiger charge is -2.34. The second-order valence-corrected chi connectivity index (χ2v) is 8.10. The summed E-state index contributed by atoms with van der Waals surface area (Å²) in [6, 6.07) is 1.88. The molecule has 2 rings (SSSR count). The Morgan fingerprint density at radius 3 is 2.33 bits per heavy atom. The van der Waals surface area contributed by atoms with Gasteiger partial charge in [0.05, 0.1) is 10.0 Å². The van der Waals surface area contributed by atoms with E-state index in [9.17, 15) is 12.8 Å². The first-order valence-electron chi connectivity index (χ1n) is 6.58. The lowest BCUT2D eigenvalue weighted by molar-refractivity contribution is 0.232. The van der Waals surface area contributed by atoms with Crippen LogP contribution in [0, 0.1) is 11.2 Å². The lowest BCUT2D eigenvalue weighted by atomic mass is 9.81. The van der Waals surface area contributed by atoms with E-state index < -0.39 is 15.8 Å². The van der Waals surface area contributed by atoms with Crippen molar-refractivity contribution < 1.29 is 12.8 Å². The maximum absolute atomic E-state index is 13.1. The van der Waals surface area contributed by atoms with Gasteiger partial charge in [-0.3, -0.25) is 0 Å². The summed E-state index contributed by atoms with van der Waals surface area (Å²) in [5, 5.41) is 2.79. The Kier molecular flexibility index (Phi) is 5.15. The van der Waals surface area contributed by atoms with Crippen LogP contribution < -0.4 is 10.0 Å². The first-order valence-corrected chi connectivity index (χ1v) is 8.82. The Morgan fingerprint density at radius 2 is 1.81 bits per heavy atom. The second kappa shape index (κ2) is 6.38. The minimum Gasteiger partial charge on any atom is -0.317 e. The third-order valence-corrected chi connectivity index (χ3v) is 6.05. The molecule has 118 valence electrons. The van der Waals surface area contributed by atoms with E-state index in [2.05, 4.69) is 10.0 Å². The third kappa shape index (κ3) is 4.07. The van der Waals surface area contributed by atoms with Crippen molar-refractivity contribution in [2.24, 2.45) is 5.41 Å². The summed E-state index contributed by atoms with van der Waals surface area (Å²) in [5.41, 5.74) is -0.114. The number of piperidine rings is 1. The predicted molar refractivity (Wildman–Crippen MR) is 81.8 cm³/mol. The monoisotopic (exact) mass is 354 g/mol. The number of nitrogens with one attached hydrogen (secondary N) is 2. The summed E-state index contributed by atoms with van der Waals surface area (Å²) < 4.78 is 40.4. The average Bonchev–Trinajstić information content (AvgIpc) is 2.36. The molecule has 21 heavy (non-hydrogen) atoms. The van der Waals surface area contributed by atoms with Crippen LogP contribution in [0.1, 0.15) is 19.8 Å². The van der Waals surface area contributed by atoms with Gasteiger partial charge in [0.25, 0.3) is 0 Å². The van der Waals surface area contributed by atoms with E-state index in [0.717, 1.165) is 38.1 Å². The molecule has 0 bridgehead atoms. The van der Waals surface area contributed by atoms with Crippen molar-refractivity contribution in [1.82, 2.24) is 10.0 Å². The van der Waals surface area contributed by atoms with Crippen LogP contribution in [0.2, 0.25) is 10.0 Å². The fourth-order valence-electron chi connectivity index (χ4n) is 2.33. The van der Waals surface area contributed by atoms with Gasteiger partial charge in [0.2, 0.25) is 10.0 Å². The molecule has 8 heteroatoms. The maximum Gasteiger partial charge on any atom is 0.243 e. The van der Waals surface area contributed by atoms with Crippen molar-refractivity contribution in [3.05, 3.63) is 28.0 Å². The molecule has 0 unspecified atom stereocenters. The quantitative estimate of drug-likeness (QED) is 0.873. The predicted octanol–water partition coefficient (Wildman–Crippen LogP) is 2.80. The zero-order valence-corrected chi connectivity index (χ0v) is 13.9. The van der Waals surface area contributed by atoms with E-state index >= 15 is 0 Å². The summed E-state index contributed by atoms with van der Waals surface area (Å²) in [5.74, 6) is -0.672. The molecular weight excluding hydrogens is 338 g/mol. The molecule has 0 aromatic heterocycles. The minimum absolute atomic E-state index is 0.114. The van der Waals surface area contributed by atoms with Crippen molar-refractivity contribution in [3.8, 4) is 0 Å². The van der Waals surface area contributed by atoms with E-state index in [4.69, 9.17) is 23.2 Å². The minimum atomic E-state index is -3.88. The van der Waals surface area contributed by atoms with Crippen LogP contribution in [0.4, 0.5) is 4.39 Å². The van der Waals surface area contributed by atoms with Crippen molar-refractivity contribution in [2.75, 3.05) is 19.6 Å². The summed E-state index contributed by atoms with van der Waals surface area (Å²) in [6.45, 7) is 4.04. The van der Waals surface area contributed by atoms with Gasteiger partial charge in [-0.2, -0.15) is 0 Å². The largest absolute Gasteiger partial charge is 0.317 e. The average molecular weight is 355 g/mol. The molecule has 1 aliphatic rings. The SMILES string of the molecule is CC1(CNS(=O)(=O)c2c(Cl)cc(F)cc2Cl)CCNCC1. The molecule has 0 amide bonds. The number of benzene rings is 1. The number of halogens is 3. The lowest BCUT2D eigenvalue weighted by Crippen LogP contribution is -2.42.